The summed E-state index contributed by atoms with van der Waals surface area (Å²) in [5.74, 6) is 2.51. The average Bonchev–Trinajstić information content (AvgIpc) is 2.44. The zero-order valence-electron chi connectivity index (χ0n) is 13.0. The number of rotatable bonds is 2. The van der Waals surface area contributed by atoms with Crippen LogP contribution in [0.5, 0.6) is 0 Å². The van der Waals surface area contributed by atoms with Crippen LogP contribution in [0.4, 0.5) is 0 Å². The molecule has 3 radical (unpaired) electrons. The van der Waals surface area contributed by atoms with Crippen molar-refractivity contribution >= 4 is 15.4 Å². The SMILES string of the molecule is Cc1c([Si])ccc(C2CC3CC(C2CO)C3(C)C)c1C. The highest BCUT2D eigenvalue weighted by Gasteiger charge is 2.57. The molecule has 2 bridgehead atoms. The number of hydrogen-bond acceptors (Lipinski definition) is 1. The van der Waals surface area contributed by atoms with E-state index in [1.165, 1.54) is 34.7 Å². The lowest BCUT2D eigenvalue weighted by Crippen LogP contribution is -2.56. The summed E-state index contributed by atoms with van der Waals surface area (Å²) in [6.07, 6.45) is 2.57. The van der Waals surface area contributed by atoms with Gasteiger partial charge in [-0.3, -0.25) is 0 Å². The first kappa shape index (κ1) is 14.3. The number of fused-ring (bicyclic) bond motifs is 2. The number of benzene rings is 1. The highest BCUT2D eigenvalue weighted by Crippen LogP contribution is 2.65. The third-order valence-corrected chi connectivity index (χ3v) is 7.10. The van der Waals surface area contributed by atoms with E-state index in [4.69, 9.17) is 0 Å². The molecule has 107 valence electrons. The summed E-state index contributed by atoms with van der Waals surface area (Å²) in [5.41, 5.74) is 4.64. The van der Waals surface area contributed by atoms with Crippen LogP contribution in [0, 0.1) is 37.0 Å². The zero-order chi connectivity index (χ0) is 14.7. The molecule has 0 heterocycles. The molecule has 3 fully saturated rings. The van der Waals surface area contributed by atoms with Gasteiger partial charge in [0.2, 0.25) is 0 Å². The van der Waals surface area contributed by atoms with Crippen molar-refractivity contribution in [2.75, 3.05) is 6.61 Å². The molecule has 3 aliphatic rings. The van der Waals surface area contributed by atoms with Crippen molar-refractivity contribution in [1.82, 2.24) is 0 Å². The van der Waals surface area contributed by atoms with Gasteiger partial charge in [0.1, 0.15) is 0 Å². The second-order valence-corrected chi connectivity index (χ2v) is 8.04. The summed E-state index contributed by atoms with van der Waals surface area (Å²) in [5, 5.41) is 11.1. The standard InChI is InChI=1S/C18H25OSi/c1-10-11(2)17(20)6-5-13(10)14-7-12-8-16(15(14)9-19)18(12,3)4/h5-6,12,14-16,19H,7-9H2,1-4H3. The van der Waals surface area contributed by atoms with Gasteiger partial charge < -0.3 is 5.11 Å². The van der Waals surface area contributed by atoms with Crippen molar-refractivity contribution in [3.05, 3.63) is 28.8 Å². The fourth-order valence-corrected chi connectivity index (χ4v) is 5.07. The molecule has 3 saturated carbocycles. The lowest BCUT2D eigenvalue weighted by Gasteiger charge is -2.62. The number of aliphatic hydroxyl groups excluding tert-OH is 1. The molecular formula is C18H25OSi. The van der Waals surface area contributed by atoms with Gasteiger partial charge in [0.05, 0.1) is 10.2 Å². The van der Waals surface area contributed by atoms with E-state index >= 15 is 0 Å². The van der Waals surface area contributed by atoms with Crippen LogP contribution in [-0.2, 0) is 0 Å². The second kappa shape index (κ2) is 4.71. The van der Waals surface area contributed by atoms with E-state index in [2.05, 4.69) is 50.1 Å². The highest BCUT2D eigenvalue weighted by atomic mass is 28.1. The van der Waals surface area contributed by atoms with Gasteiger partial charge in [-0.05, 0) is 72.5 Å². The fourth-order valence-electron chi connectivity index (χ4n) is 4.80. The molecule has 1 nitrogen and oxygen atoms in total. The Bertz CT molecular complexity index is 534. The molecule has 4 atom stereocenters. The highest BCUT2D eigenvalue weighted by molar-refractivity contribution is 6.33. The summed E-state index contributed by atoms with van der Waals surface area (Å²) < 4.78 is 0. The first-order chi connectivity index (χ1) is 9.37. The Hall–Kier alpha value is -0.603. The number of aliphatic hydroxyl groups is 1. The van der Waals surface area contributed by atoms with E-state index in [0.717, 1.165) is 5.92 Å². The first-order valence-electron chi connectivity index (χ1n) is 7.80. The molecule has 3 aliphatic carbocycles. The topological polar surface area (TPSA) is 20.2 Å². The maximum atomic E-state index is 9.96. The number of hydrogen-bond donors (Lipinski definition) is 1. The van der Waals surface area contributed by atoms with Gasteiger partial charge >= 0.3 is 0 Å². The van der Waals surface area contributed by atoms with E-state index < -0.39 is 0 Å². The summed E-state index contributed by atoms with van der Waals surface area (Å²) in [6.45, 7) is 9.53. The zero-order valence-corrected chi connectivity index (χ0v) is 14.0. The van der Waals surface area contributed by atoms with Crippen molar-refractivity contribution in [3.63, 3.8) is 0 Å². The summed E-state index contributed by atoms with van der Waals surface area (Å²) >= 11 is 0. The van der Waals surface area contributed by atoms with E-state index in [9.17, 15) is 5.11 Å². The fraction of sp³-hybridized carbons (Fsp3) is 0.667. The predicted molar refractivity (Wildman–Crippen MR) is 84.6 cm³/mol. The summed E-state index contributed by atoms with van der Waals surface area (Å²) in [4.78, 5) is 0. The molecule has 0 amide bonds. The normalized spacial score (nSPS) is 34.7. The quantitative estimate of drug-likeness (QED) is 0.829. The molecule has 1 N–H and O–H groups in total. The van der Waals surface area contributed by atoms with Crippen LogP contribution in [0.1, 0.15) is 49.3 Å². The van der Waals surface area contributed by atoms with Crippen LogP contribution in [0.2, 0.25) is 0 Å². The van der Waals surface area contributed by atoms with Gasteiger partial charge in [-0.25, -0.2) is 0 Å². The molecule has 0 spiro atoms. The third-order valence-electron chi connectivity index (χ3n) is 6.56. The van der Waals surface area contributed by atoms with Crippen LogP contribution in [0.3, 0.4) is 0 Å². The van der Waals surface area contributed by atoms with Crippen LogP contribution in [-0.4, -0.2) is 22.0 Å². The van der Waals surface area contributed by atoms with Crippen LogP contribution < -0.4 is 5.19 Å². The maximum absolute atomic E-state index is 9.96. The molecule has 4 unspecified atom stereocenters. The maximum Gasteiger partial charge on any atom is 0.0715 e. The van der Waals surface area contributed by atoms with E-state index in [0.29, 0.717) is 29.8 Å². The van der Waals surface area contributed by atoms with Crippen LogP contribution in [0.25, 0.3) is 0 Å². The van der Waals surface area contributed by atoms with Gasteiger partial charge in [0.15, 0.2) is 0 Å². The van der Waals surface area contributed by atoms with Crippen molar-refractivity contribution in [1.29, 1.82) is 0 Å². The van der Waals surface area contributed by atoms with Crippen molar-refractivity contribution < 1.29 is 5.11 Å². The van der Waals surface area contributed by atoms with E-state index in [1.807, 2.05) is 0 Å². The minimum absolute atomic E-state index is 0.333. The van der Waals surface area contributed by atoms with Crippen LogP contribution >= 0.6 is 0 Å². The smallest absolute Gasteiger partial charge is 0.0715 e. The Kier molecular flexibility index (Phi) is 3.37. The van der Waals surface area contributed by atoms with Crippen LogP contribution in [0.15, 0.2) is 12.1 Å². The van der Waals surface area contributed by atoms with Gasteiger partial charge in [-0.15, -0.1) is 0 Å². The van der Waals surface area contributed by atoms with Crippen molar-refractivity contribution in [2.45, 2.75) is 46.5 Å². The van der Waals surface area contributed by atoms with E-state index in [-0.39, 0.29) is 0 Å². The molecule has 1 aromatic rings. The van der Waals surface area contributed by atoms with Gasteiger partial charge in [0.25, 0.3) is 0 Å². The van der Waals surface area contributed by atoms with Gasteiger partial charge in [-0.2, -0.15) is 0 Å². The Morgan fingerprint density at radius 2 is 1.90 bits per heavy atom. The van der Waals surface area contributed by atoms with Gasteiger partial charge in [-0.1, -0.05) is 31.2 Å². The lowest BCUT2D eigenvalue weighted by atomic mass is 9.42. The van der Waals surface area contributed by atoms with E-state index in [1.54, 1.807) is 0 Å². The first-order valence-corrected chi connectivity index (χ1v) is 8.30. The summed E-state index contributed by atoms with van der Waals surface area (Å²) in [7, 11) is 3.68. The second-order valence-electron chi connectivity index (χ2n) is 7.50. The molecule has 20 heavy (non-hydrogen) atoms. The Morgan fingerprint density at radius 1 is 1.20 bits per heavy atom. The molecule has 0 saturated heterocycles. The van der Waals surface area contributed by atoms with Crippen molar-refractivity contribution in [2.24, 2.45) is 23.2 Å². The minimum Gasteiger partial charge on any atom is -0.396 e. The van der Waals surface area contributed by atoms with Crippen molar-refractivity contribution in [3.8, 4) is 0 Å². The molecule has 0 aliphatic heterocycles. The Balaban J connectivity index is 1.98. The molecule has 1 aromatic carbocycles. The third kappa shape index (κ3) is 1.84. The predicted octanol–water partition coefficient (Wildman–Crippen LogP) is 2.86. The lowest BCUT2D eigenvalue weighted by molar-refractivity contribution is -0.128. The Morgan fingerprint density at radius 3 is 2.50 bits per heavy atom. The molecular weight excluding hydrogens is 260 g/mol. The minimum atomic E-state index is 0.333. The monoisotopic (exact) mass is 285 g/mol. The largest absolute Gasteiger partial charge is 0.396 e. The molecule has 2 heteroatoms. The average molecular weight is 285 g/mol. The molecule has 4 rings (SSSR count). The molecule has 0 aromatic heterocycles. The van der Waals surface area contributed by atoms with Gasteiger partial charge in [0, 0.05) is 6.61 Å². The Labute approximate surface area is 126 Å². The summed E-state index contributed by atoms with van der Waals surface area (Å²) in [6, 6.07) is 4.45.